The predicted molar refractivity (Wildman–Crippen MR) is 107 cm³/mol. The van der Waals surface area contributed by atoms with E-state index in [1.54, 1.807) is 6.33 Å². The van der Waals surface area contributed by atoms with Crippen LogP contribution in [0.3, 0.4) is 0 Å². The molecule has 1 amide bonds. The van der Waals surface area contributed by atoms with E-state index in [2.05, 4.69) is 42.7 Å². The summed E-state index contributed by atoms with van der Waals surface area (Å²) >= 11 is 0. The lowest BCUT2D eigenvalue weighted by molar-refractivity contribution is -0.136. The quantitative estimate of drug-likeness (QED) is 0.801. The van der Waals surface area contributed by atoms with E-state index in [9.17, 15) is 4.79 Å². The van der Waals surface area contributed by atoms with Gasteiger partial charge in [-0.25, -0.2) is 9.97 Å². The number of carbonyl (C=O) groups excluding carboxylic acids is 1. The van der Waals surface area contributed by atoms with Gasteiger partial charge in [-0.1, -0.05) is 19.3 Å². The smallest absolute Gasteiger partial charge is 0.225 e. The van der Waals surface area contributed by atoms with Crippen molar-refractivity contribution in [2.24, 2.45) is 5.92 Å². The first-order chi connectivity index (χ1) is 13.2. The molecule has 2 aliphatic heterocycles. The summed E-state index contributed by atoms with van der Waals surface area (Å²) in [6.07, 6.45) is 7.57. The van der Waals surface area contributed by atoms with Gasteiger partial charge in [0.1, 0.15) is 18.0 Å². The topological polar surface area (TPSA) is 55.8 Å². The molecule has 0 aromatic carbocycles. The number of amides is 1. The Morgan fingerprint density at radius 3 is 2.00 bits per heavy atom. The first-order valence-corrected chi connectivity index (χ1v) is 10.5. The van der Waals surface area contributed by atoms with Crippen molar-refractivity contribution in [1.82, 2.24) is 19.8 Å². The zero-order valence-electron chi connectivity index (χ0n) is 16.5. The molecule has 0 atom stereocenters. The molecule has 0 spiro atoms. The summed E-state index contributed by atoms with van der Waals surface area (Å²) < 4.78 is 0. The van der Waals surface area contributed by atoms with E-state index in [0.29, 0.717) is 5.91 Å². The summed E-state index contributed by atoms with van der Waals surface area (Å²) in [7, 11) is 2.16. The summed E-state index contributed by atoms with van der Waals surface area (Å²) in [5.41, 5.74) is 0. The molecule has 3 fully saturated rings. The maximum atomic E-state index is 12.8. The zero-order valence-corrected chi connectivity index (χ0v) is 16.5. The Hall–Kier alpha value is -1.89. The molecule has 0 bridgehead atoms. The average molecular weight is 373 g/mol. The standard InChI is InChI=1S/C20H32N6O/c1-23-7-9-24(10-8-23)18-15-19(22-16-21-18)25-11-13-26(14-12-25)20(27)17-5-3-2-4-6-17/h15-17H,2-14H2,1H3. The van der Waals surface area contributed by atoms with Crippen LogP contribution in [0.5, 0.6) is 0 Å². The van der Waals surface area contributed by atoms with Crippen LogP contribution in [0.15, 0.2) is 12.4 Å². The summed E-state index contributed by atoms with van der Waals surface area (Å²) in [6, 6.07) is 2.12. The van der Waals surface area contributed by atoms with E-state index < -0.39 is 0 Å². The van der Waals surface area contributed by atoms with Gasteiger partial charge in [0.05, 0.1) is 0 Å². The number of hydrogen-bond donors (Lipinski definition) is 0. The SMILES string of the molecule is CN1CCN(c2cc(N3CCN(C(=O)C4CCCCC4)CC3)ncn2)CC1. The van der Waals surface area contributed by atoms with Crippen molar-refractivity contribution in [3.8, 4) is 0 Å². The highest BCUT2D eigenvalue weighted by molar-refractivity contribution is 5.79. The van der Waals surface area contributed by atoms with E-state index in [1.165, 1.54) is 19.3 Å². The Bertz CT molecular complexity index is 631. The first-order valence-electron chi connectivity index (χ1n) is 10.5. The van der Waals surface area contributed by atoms with Crippen LogP contribution in [0, 0.1) is 5.92 Å². The Morgan fingerprint density at radius 1 is 0.852 bits per heavy atom. The Morgan fingerprint density at radius 2 is 1.41 bits per heavy atom. The van der Waals surface area contributed by atoms with Crippen LogP contribution < -0.4 is 9.80 Å². The molecule has 7 nitrogen and oxygen atoms in total. The van der Waals surface area contributed by atoms with Crippen LogP contribution >= 0.6 is 0 Å². The van der Waals surface area contributed by atoms with Crippen LogP contribution in [-0.4, -0.2) is 85.1 Å². The summed E-state index contributed by atoms with van der Waals surface area (Å²) in [5.74, 6) is 2.67. The van der Waals surface area contributed by atoms with Gasteiger partial charge in [0.2, 0.25) is 5.91 Å². The van der Waals surface area contributed by atoms with Crippen molar-refractivity contribution < 1.29 is 4.79 Å². The Kier molecular flexibility index (Phi) is 5.76. The number of carbonyl (C=O) groups is 1. The maximum Gasteiger partial charge on any atom is 0.225 e. The number of anilines is 2. The normalized spacial score (nSPS) is 22.9. The van der Waals surface area contributed by atoms with Gasteiger partial charge >= 0.3 is 0 Å². The molecule has 0 radical (unpaired) electrons. The average Bonchev–Trinajstić information content (AvgIpc) is 2.75. The molecule has 3 heterocycles. The third-order valence-corrected chi connectivity index (χ3v) is 6.34. The lowest BCUT2D eigenvalue weighted by atomic mass is 9.88. The minimum atomic E-state index is 0.271. The molecule has 0 N–H and O–H groups in total. The fourth-order valence-corrected chi connectivity index (χ4v) is 4.48. The molecular formula is C20H32N6O. The van der Waals surface area contributed by atoms with Crippen molar-refractivity contribution in [3.05, 3.63) is 12.4 Å². The summed E-state index contributed by atoms with van der Waals surface area (Å²) in [6.45, 7) is 7.50. The molecule has 3 aliphatic rings. The first kappa shape index (κ1) is 18.5. The number of likely N-dealkylation sites (N-methyl/N-ethyl adjacent to an activating group) is 1. The lowest BCUT2D eigenvalue weighted by Crippen LogP contribution is -2.51. The largest absolute Gasteiger partial charge is 0.354 e. The minimum Gasteiger partial charge on any atom is -0.354 e. The van der Waals surface area contributed by atoms with Crippen LogP contribution in [-0.2, 0) is 4.79 Å². The van der Waals surface area contributed by atoms with Crippen LogP contribution in [0.1, 0.15) is 32.1 Å². The van der Waals surface area contributed by atoms with Gasteiger partial charge in [-0.3, -0.25) is 4.79 Å². The van der Waals surface area contributed by atoms with E-state index in [0.717, 1.165) is 76.8 Å². The number of piperazine rings is 2. The molecule has 1 aromatic heterocycles. The summed E-state index contributed by atoms with van der Waals surface area (Å²) in [4.78, 5) is 30.8. The third kappa shape index (κ3) is 4.34. The molecule has 0 unspecified atom stereocenters. The minimum absolute atomic E-state index is 0.271. The van der Waals surface area contributed by atoms with Crippen LogP contribution in [0.2, 0.25) is 0 Å². The molecule has 27 heavy (non-hydrogen) atoms. The molecule has 1 aliphatic carbocycles. The number of nitrogens with zero attached hydrogens (tertiary/aromatic N) is 6. The lowest BCUT2D eigenvalue weighted by Gasteiger charge is -2.38. The van der Waals surface area contributed by atoms with Gasteiger partial charge in [0, 0.05) is 64.3 Å². The number of rotatable bonds is 3. The van der Waals surface area contributed by atoms with E-state index in [1.807, 2.05) is 0 Å². The monoisotopic (exact) mass is 372 g/mol. The van der Waals surface area contributed by atoms with Gasteiger partial charge in [0.25, 0.3) is 0 Å². The van der Waals surface area contributed by atoms with Crippen molar-refractivity contribution >= 4 is 17.5 Å². The number of hydrogen-bond acceptors (Lipinski definition) is 6. The van der Waals surface area contributed by atoms with Gasteiger partial charge in [-0.2, -0.15) is 0 Å². The van der Waals surface area contributed by atoms with E-state index >= 15 is 0 Å². The number of aromatic nitrogens is 2. The fourth-order valence-electron chi connectivity index (χ4n) is 4.48. The zero-order chi connectivity index (χ0) is 18.6. The van der Waals surface area contributed by atoms with E-state index in [4.69, 9.17) is 0 Å². The second-order valence-electron chi connectivity index (χ2n) is 8.17. The molecular weight excluding hydrogens is 340 g/mol. The van der Waals surface area contributed by atoms with Crippen LogP contribution in [0.4, 0.5) is 11.6 Å². The Balaban J connectivity index is 1.34. The Labute approximate surface area is 162 Å². The van der Waals surface area contributed by atoms with Crippen molar-refractivity contribution in [2.45, 2.75) is 32.1 Å². The van der Waals surface area contributed by atoms with Crippen molar-refractivity contribution in [2.75, 3.05) is 69.2 Å². The molecule has 148 valence electrons. The fraction of sp³-hybridized carbons (Fsp3) is 0.750. The molecule has 1 aromatic rings. The molecule has 4 rings (SSSR count). The predicted octanol–water partition coefficient (Wildman–Crippen LogP) is 1.46. The van der Waals surface area contributed by atoms with E-state index in [-0.39, 0.29) is 5.92 Å². The molecule has 2 saturated heterocycles. The third-order valence-electron chi connectivity index (χ3n) is 6.34. The van der Waals surface area contributed by atoms with Crippen LogP contribution in [0.25, 0.3) is 0 Å². The maximum absolute atomic E-state index is 12.8. The van der Waals surface area contributed by atoms with Gasteiger partial charge in [-0.15, -0.1) is 0 Å². The van der Waals surface area contributed by atoms with Gasteiger partial charge in [-0.05, 0) is 19.9 Å². The van der Waals surface area contributed by atoms with Crippen molar-refractivity contribution in [3.63, 3.8) is 0 Å². The second-order valence-corrected chi connectivity index (χ2v) is 8.17. The molecule has 7 heteroatoms. The second kappa shape index (κ2) is 8.42. The van der Waals surface area contributed by atoms with Gasteiger partial charge < -0.3 is 19.6 Å². The van der Waals surface area contributed by atoms with Gasteiger partial charge in [0.15, 0.2) is 0 Å². The highest BCUT2D eigenvalue weighted by Gasteiger charge is 2.29. The molecule has 1 saturated carbocycles. The highest BCUT2D eigenvalue weighted by Crippen LogP contribution is 2.26. The highest BCUT2D eigenvalue weighted by atomic mass is 16.2. The van der Waals surface area contributed by atoms with Crippen molar-refractivity contribution in [1.29, 1.82) is 0 Å². The summed E-state index contributed by atoms with van der Waals surface area (Å²) in [5, 5.41) is 0.